The van der Waals surface area contributed by atoms with Crippen LogP contribution >= 0.6 is 0 Å². The first-order valence-electron chi connectivity index (χ1n) is 13.9. The molecule has 0 amide bonds. The number of hydrogen-bond donors (Lipinski definition) is 1. The van der Waals surface area contributed by atoms with Gasteiger partial charge in [-0.05, 0) is 66.1 Å². The summed E-state index contributed by atoms with van der Waals surface area (Å²) in [6.07, 6.45) is 0.593. The molecule has 0 fully saturated rings. The maximum absolute atomic E-state index is 9.94. The summed E-state index contributed by atoms with van der Waals surface area (Å²) in [5.74, 6) is 1.56. The molecule has 6 rings (SSSR count). The van der Waals surface area contributed by atoms with Gasteiger partial charge in [-0.15, -0.1) is 0 Å². The predicted octanol–water partition coefficient (Wildman–Crippen LogP) is 7.63. The van der Waals surface area contributed by atoms with E-state index in [9.17, 15) is 5.11 Å². The van der Waals surface area contributed by atoms with E-state index in [0.29, 0.717) is 19.6 Å². The molecular formula is C36H32N2O3. The lowest BCUT2D eigenvalue weighted by atomic mass is 9.74. The molecule has 6 aromatic rings. The summed E-state index contributed by atoms with van der Waals surface area (Å²) in [7, 11) is 0. The molecule has 1 N–H and O–H groups in total. The molecule has 0 aliphatic carbocycles. The fraction of sp³-hybridized carbons (Fsp3) is 0.167. The molecule has 0 radical (unpaired) electrons. The number of pyridine rings is 2. The van der Waals surface area contributed by atoms with Gasteiger partial charge in [0.05, 0.1) is 22.4 Å². The average Bonchev–Trinajstić information content (AvgIpc) is 3.03. The van der Waals surface area contributed by atoms with Crippen LogP contribution in [0.1, 0.15) is 35.9 Å². The summed E-state index contributed by atoms with van der Waals surface area (Å²) in [6, 6.07) is 40.5. The van der Waals surface area contributed by atoms with E-state index >= 15 is 0 Å². The van der Waals surface area contributed by atoms with E-state index in [2.05, 4.69) is 55.5 Å². The quantitative estimate of drug-likeness (QED) is 0.194. The molecule has 0 unspecified atom stereocenters. The third-order valence-corrected chi connectivity index (χ3v) is 7.68. The van der Waals surface area contributed by atoms with E-state index < -0.39 is 0 Å². The molecule has 0 aliphatic heterocycles. The zero-order chi connectivity index (χ0) is 28.1. The summed E-state index contributed by atoms with van der Waals surface area (Å²) >= 11 is 0. The Hall–Kier alpha value is -4.74. The average molecular weight is 541 g/mol. The highest BCUT2D eigenvalue weighted by molar-refractivity contribution is 5.79. The molecule has 2 aromatic heterocycles. The number of aliphatic hydroxyl groups excluding tert-OH is 1. The topological polar surface area (TPSA) is 64.5 Å². The van der Waals surface area contributed by atoms with Crippen LogP contribution in [0.3, 0.4) is 0 Å². The normalized spacial score (nSPS) is 11.6. The number of nitrogens with zero attached hydrogens (tertiary/aromatic N) is 2. The summed E-state index contributed by atoms with van der Waals surface area (Å²) < 4.78 is 12.1. The number of rotatable bonds is 10. The van der Waals surface area contributed by atoms with Gasteiger partial charge in [0, 0.05) is 22.8 Å². The fourth-order valence-corrected chi connectivity index (χ4v) is 5.21. The summed E-state index contributed by atoms with van der Waals surface area (Å²) in [6.45, 7) is 3.03. The smallest absolute Gasteiger partial charge is 0.130 e. The first-order chi connectivity index (χ1) is 20.1. The van der Waals surface area contributed by atoms with Crippen molar-refractivity contribution >= 4 is 21.8 Å². The van der Waals surface area contributed by atoms with Crippen molar-refractivity contribution < 1.29 is 14.6 Å². The molecule has 204 valence electrons. The molecule has 0 bridgehead atoms. The Bertz CT molecular complexity index is 1640. The highest BCUT2D eigenvalue weighted by atomic mass is 16.5. The minimum absolute atomic E-state index is 0.0776. The predicted molar refractivity (Wildman–Crippen MR) is 163 cm³/mol. The molecule has 5 heteroatoms. The van der Waals surface area contributed by atoms with Gasteiger partial charge in [-0.3, -0.25) is 0 Å². The van der Waals surface area contributed by atoms with Crippen molar-refractivity contribution in [2.45, 2.75) is 32.0 Å². The molecule has 0 atom stereocenters. The number of hydrogen-bond acceptors (Lipinski definition) is 5. The molecule has 0 saturated carbocycles. The standard InChI is InChI=1S/C36H32N2O3/c1-36(22-23-39,28-12-18-32(19-13-28)40-24-30-16-10-26-6-2-4-8-34(26)37-30)29-14-20-33(21-15-29)41-25-31-17-11-27-7-3-5-9-35(27)38-31/h2-21,39H,22-25H2,1H3. The van der Waals surface area contributed by atoms with Crippen LogP contribution in [0.15, 0.2) is 121 Å². The Balaban J connectivity index is 1.12. The van der Waals surface area contributed by atoms with Crippen LogP contribution < -0.4 is 9.47 Å². The van der Waals surface area contributed by atoms with Crippen LogP contribution in [-0.4, -0.2) is 21.7 Å². The number of ether oxygens (including phenoxy) is 2. The summed E-state index contributed by atoms with van der Waals surface area (Å²) in [5.41, 5.74) is 5.55. The zero-order valence-corrected chi connectivity index (χ0v) is 23.0. The number of aliphatic hydroxyl groups is 1. The lowest BCUT2D eigenvalue weighted by Gasteiger charge is -2.30. The van der Waals surface area contributed by atoms with E-state index in [1.807, 2.05) is 72.8 Å². The van der Waals surface area contributed by atoms with Crippen molar-refractivity contribution in [2.24, 2.45) is 0 Å². The van der Waals surface area contributed by atoms with Crippen molar-refractivity contribution in [3.05, 3.63) is 144 Å². The zero-order valence-electron chi connectivity index (χ0n) is 23.0. The Labute approximate surface area is 240 Å². The van der Waals surface area contributed by atoms with Crippen molar-refractivity contribution in [1.29, 1.82) is 0 Å². The van der Waals surface area contributed by atoms with Crippen LogP contribution in [0.2, 0.25) is 0 Å². The number of aromatic nitrogens is 2. The second-order valence-electron chi connectivity index (χ2n) is 10.4. The van der Waals surface area contributed by atoms with E-state index in [4.69, 9.17) is 19.4 Å². The fourth-order valence-electron chi connectivity index (χ4n) is 5.21. The van der Waals surface area contributed by atoms with E-state index in [-0.39, 0.29) is 12.0 Å². The van der Waals surface area contributed by atoms with Crippen LogP contribution in [0.4, 0.5) is 0 Å². The van der Waals surface area contributed by atoms with Gasteiger partial charge in [-0.2, -0.15) is 0 Å². The molecule has 0 aliphatic rings. The van der Waals surface area contributed by atoms with Crippen LogP contribution in [0.25, 0.3) is 21.8 Å². The monoisotopic (exact) mass is 540 g/mol. The van der Waals surface area contributed by atoms with E-state index in [1.54, 1.807) is 0 Å². The lowest BCUT2D eigenvalue weighted by Crippen LogP contribution is -2.25. The molecule has 4 aromatic carbocycles. The first-order valence-corrected chi connectivity index (χ1v) is 13.9. The number of fused-ring (bicyclic) bond motifs is 2. The number of benzene rings is 4. The Kier molecular flexibility index (Phi) is 7.61. The van der Waals surface area contributed by atoms with Gasteiger partial charge in [-0.1, -0.05) is 79.7 Å². The minimum atomic E-state index is -0.369. The van der Waals surface area contributed by atoms with E-state index in [1.165, 1.54) is 0 Å². The number of para-hydroxylation sites is 2. The Morgan fingerprint density at radius 3 is 1.44 bits per heavy atom. The van der Waals surface area contributed by atoms with Gasteiger partial charge in [-0.25, -0.2) is 9.97 Å². The second kappa shape index (κ2) is 11.8. The van der Waals surface area contributed by atoms with Gasteiger partial charge in [0.25, 0.3) is 0 Å². The van der Waals surface area contributed by atoms with Crippen LogP contribution in [0.5, 0.6) is 11.5 Å². The van der Waals surface area contributed by atoms with E-state index in [0.717, 1.165) is 55.8 Å². The molecule has 5 nitrogen and oxygen atoms in total. The van der Waals surface area contributed by atoms with Gasteiger partial charge >= 0.3 is 0 Å². The third-order valence-electron chi connectivity index (χ3n) is 7.68. The summed E-state index contributed by atoms with van der Waals surface area (Å²) in [4.78, 5) is 9.39. The van der Waals surface area contributed by atoms with Gasteiger partial charge in [0.1, 0.15) is 24.7 Å². The minimum Gasteiger partial charge on any atom is -0.487 e. The second-order valence-corrected chi connectivity index (χ2v) is 10.4. The highest BCUT2D eigenvalue weighted by Gasteiger charge is 2.28. The molecule has 0 spiro atoms. The van der Waals surface area contributed by atoms with Crippen molar-refractivity contribution in [3.63, 3.8) is 0 Å². The van der Waals surface area contributed by atoms with Crippen molar-refractivity contribution in [2.75, 3.05) is 6.61 Å². The lowest BCUT2D eigenvalue weighted by molar-refractivity contribution is 0.259. The maximum Gasteiger partial charge on any atom is 0.130 e. The molecule has 0 saturated heterocycles. The largest absolute Gasteiger partial charge is 0.487 e. The molecular weight excluding hydrogens is 508 g/mol. The third kappa shape index (κ3) is 5.91. The molecule has 2 heterocycles. The van der Waals surface area contributed by atoms with Gasteiger partial charge < -0.3 is 14.6 Å². The Morgan fingerprint density at radius 2 is 1.00 bits per heavy atom. The highest BCUT2D eigenvalue weighted by Crippen LogP contribution is 2.37. The summed E-state index contributed by atoms with van der Waals surface area (Å²) in [5, 5.41) is 12.2. The van der Waals surface area contributed by atoms with Crippen LogP contribution in [-0.2, 0) is 18.6 Å². The van der Waals surface area contributed by atoms with Gasteiger partial charge in [0.2, 0.25) is 0 Å². The maximum atomic E-state index is 9.94. The first kappa shape index (κ1) is 26.5. The van der Waals surface area contributed by atoms with Crippen LogP contribution in [0, 0.1) is 0 Å². The Morgan fingerprint density at radius 1 is 0.561 bits per heavy atom. The SMILES string of the molecule is CC(CCO)(c1ccc(OCc2ccc3ccccc3n2)cc1)c1ccc(OCc2ccc3ccccc3n2)cc1. The van der Waals surface area contributed by atoms with Gasteiger partial charge in [0.15, 0.2) is 0 Å². The van der Waals surface area contributed by atoms with Crippen molar-refractivity contribution in [1.82, 2.24) is 9.97 Å². The van der Waals surface area contributed by atoms with Crippen molar-refractivity contribution in [3.8, 4) is 11.5 Å². The molecule has 41 heavy (non-hydrogen) atoms.